The SMILES string of the molecule is COc1cccc(NC(=O)CC2SC(N3N=C(c4ccc(C)cc4)CC3c3ccc(C)cc3)=NC2=O)c1. The Morgan fingerprint density at radius 1 is 1.05 bits per heavy atom. The van der Waals surface area contributed by atoms with Crippen LogP contribution in [0.25, 0.3) is 0 Å². The van der Waals surface area contributed by atoms with Crippen molar-refractivity contribution in [1.29, 1.82) is 0 Å². The van der Waals surface area contributed by atoms with Crippen LogP contribution in [0, 0.1) is 13.8 Å². The van der Waals surface area contributed by atoms with E-state index >= 15 is 0 Å². The van der Waals surface area contributed by atoms with E-state index in [1.165, 1.54) is 22.9 Å². The summed E-state index contributed by atoms with van der Waals surface area (Å²) in [6.07, 6.45) is 0.714. The summed E-state index contributed by atoms with van der Waals surface area (Å²) in [5.74, 6) is 0.0755. The molecule has 1 N–H and O–H groups in total. The molecule has 2 heterocycles. The molecule has 3 aromatic carbocycles. The van der Waals surface area contributed by atoms with E-state index in [2.05, 4.69) is 72.7 Å². The second-order valence-corrected chi connectivity index (χ2v) is 10.4. The molecular weight excluding hydrogens is 484 g/mol. The Kier molecular flexibility index (Phi) is 7.10. The quantitative estimate of drug-likeness (QED) is 0.472. The maximum absolute atomic E-state index is 12.8. The first-order valence-corrected chi connectivity index (χ1v) is 13.0. The summed E-state index contributed by atoms with van der Waals surface area (Å²) in [4.78, 5) is 29.9. The second-order valence-electron chi connectivity index (χ2n) is 9.21. The van der Waals surface area contributed by atoms with Crippen LogP contribution in [0.15, 0.2) is 82.9 Å². The fraction of sp³-hybridized carbons (Fsp3) is 0.241. The molecule has 2 unspecified atom stereocenters. The third-order valence-electron chi connectivity index (χ3n) is 6.41. The summed E-state index contributed by atoms with van der Waals surface area (Å²) in [7, 11) is 1.57. The van der Waals surface area contributed by atoms with Crippen molar-refractivity contribution in [3.05, 3.63) is 95.1 Å². The van der Waals surface area contributed by atoms with E-state index < -0.39 is 5.25 Å². The third-order valence-corrected chi connectivity index (χ3v) is 7.55. The predicted octanol–water partition coefficient (Wildman–Crippen LogP) is 5.49. The molecule has 0 aromatic heterocycles. The van der Waals surface area contributed by atoms with Gasteiger partial charge >= 0.3 is 0 Å². The van der Waals surface area contributed by atoms with Gasteiger partial charge in [-0.25, -0.2) is 5.01 Å². The van der Waals surface area contributed by atoms with E-state index in [-0.39, 0.29) is 24.3 Å². The van der Waals surface area contributed by atoms with Crippen molar-refractivity contribution in [3.8, 4) is 5.75 Å². The summed E-state index contributed by atoms with van der Waals surface area (Å²) >= 11 is 1.30. The zero-order valence-electron chi connectivity index (χ0n) is 21.0. The first-order valence-electron chi connectivity index (χ1n) is 12.1. The molecule has 0 fully saturated rings. The van der Waals surface area contributed by atoms with Gasteiger partial charge < -0.3 is 10.1 Å². The Hall–Kier alpha value is -3.91. The molecule has 0 aliphatic carbocycles. The van der Waals surface area contributed by atoms with Crippen molar-refractivity contribution < 1.29 is 14.3 Å². The Morgan fingerprint density at radius 3 is 2.46 bits per heavy atom. The number of benzene rings is 3. The molecule has 0 radical (unpaired) electrons. The van der Waals surface area contributed by atoms with Crippen LogP contribution in [-0.4, -0.2) is 40.1 Å². The van der Waals surface area contributed by atoms with Crippen LogP contribution < -0.4 is 10.1 Å². The number of hydrogen-bond donors (Lipinski definition) is 1. The molecule has 2 atom stereocenters. The number of carbonyl (C=O) groups excluding carboxylic acids is 2. The Morgan fingerprint density at radius 2 is 1.76 bits per heavy atom. The van der Waals surface area contributed by atoms with Gasteiger partial charge in [-0.2, -0.15) is 10.1 Å². The molecule has 0 bridgehead atoms. The minimum absolute atomic E-state index is 0.0191. The lowest BCUT2D eigenvalue weighted by Gasteiger charge is -2.23. The minimum atomic E-state index is -0.599. The molecule has 188 valence electrons. The smallest absolute Gasteiger partial charge is 0.262 e. The highest BCUT2D eigenvalue weighted by Crippen LogP contribution is 2.38. The van der Waals surface area contributed by atoms with Crippen molar-refractivity contribution in [2.24, 2.45) is 10.1 Å². The summed E-state index contributed by atoms with van der Waals surface area (Å²) in [6, 6.07) is 23.7. The van der Waals surface area contributed by atoms with Gasteiger partial charge in [0.25, 0.3) is 5.91 Å². The summed E-state index contributed by atoms with van der Waals surface area (Å²) in [5, 5.41) is 9.54. The molecule has 0 saturated carbocycles. The molecule has 0 spiro atoms. The molecule has 2 aliphatic heterocycles. The minimum Gasteiger partial charge on any atom is -0.497 e. The molecule has 37 heavy (non-hydrogen) atoms. The number of amides is 2. The largest absolute Gasteiger partial charge is 0.497 e. The average molecular weight is 513 g/mol. The predicted molar refractivity (Wildman–Crippen MR) is 148 cm³/mol. The lowest BCUT2D eigenvalue weighted by molar-refractivity contribution is -0.121. The third kappa shape index (κ3) is 5.59. The fourth-order valence-electron chi connectivity index (χ4n) is 4.34. The number of amidine groups is 1. The van der Waals surface area contributed by atoms with Crippen LogP contribution in [0.3, 0.4) is 0 Å². The monoisotopic (exact) mass is 512 g/mol. The highest BCUT2D eigenvalue weighted by molar-refractivity contribution is 8.15. The number of rotatable bonds is 6. The van der Waals surface area contributed by atoms with Crippen molar-refractivity contribution in [1.82, 2.24) is 5.01 Å². The van der Waals surface area contributed by atoms with Gasteiger partial charge in [0, 0.05) is 24.6 Å². The molecule has 3 aromatic rings. The summed E-state index contributed by atoms with van der Waals surface area (Å²) in [6.45, 7) is 4.11. The van der Waals surface area contributed by atoms with Gasteiger partial charge in [0.1, 0.15) is 11.0 Å². The Balaban J connectivity index is 1.34. The number of hydrazone groups is 1. The maximum Gasteiger partial charge on any atom is 0.262 e. The fourth-order valence-corrected chi connectivity index (χ4v) is 5.40. The van der Waals surface area contributed by atoms with Gasteiger partial charge in [0.15, 0.2) is 5.17 Å². The van der Waals surface area contributed by atoms with E-state index in [1.807, 2.05) is 5.01 Å². The summed E-state index contributed by atoms with van der Waals surface area (Å²) in [5.41, 5.74) is 6.08. The molecular formula is C29H28N4O3S. The number of nitrogens with one attached hydrogen (secondary N) is 1. The number of aliphatic imine (C=N–C) groups is 1. The van der Waals surface area contributed by atoms with Crippen molar-refractivity contribution in [3.63, 3.8) is 0 Å². The number of aryl methyl sites for hydroxylation is 2. The van der Waals surface area contributed by atoms with E-state index in [9.17, 15) is 9.59 Å². The lowest BCUT2D eigenvalue weighted by Crippen LogP contribution is -2.25. The summed E-state index contributed by atoms with van der Waals surface area (Å²) < 4.78 is 5.21. The van der Waals surface area contributed by atoms with Gasteiger partial charge in [-0.05, 0) is 37.1 Å². The standard InChI is InChI=1S/C29H28N4O3S/c1-18-7-11-20(12-8-18)24-16-25(21-13-9-19(2)10-14-21)33(32-24)29-31-28(35)26(37-29)17-27(34)30-22-5-4-6-23(15-22)36-3/h4-15,25-26H,16-17H2,1-3H3,(H,30,34). The molecule has 0 saturated heterocycles. The van der Waals surface area contributed by atoms with E-state index in [4.69, 9.17) is 9.84 Å². The van der Waals surface area contributed by atoms with Crippen LogP contribution in [-0.2, 0) is 9.59 Å². The van der Waals surface area contributed by atoms with E-state index in [1.54, 1.807) is 31.4 Å². The van der Waals surface area contributed by atoms with Gasteiger partial charge in [-0.3, -0.25) is 9.59 Å². The zero-order chi connectivity index (χ0) is 25.9. The van der Waals surface area contributed by atoms with Crippen LogP contribution in [0.1, 0.15) is 41.1 Å². The lowest BCUT2D eigenvalue weighted by atomic mass is 9.97. The molecule has 2 aliphatic rings. The zero-order valence-corrected chi connectivity index (χ0v) is 21.8. The van der Waals surface area contributed by atoms with Crippen molar-refractivity contribution in [2.75, 3.05) is 12.4 Å². The van der Waals surface area contributed by atoms with Gasteiger partial charge in [0.2, 0.25) is 5.91 Å². The first kappa shape index (κ1) is 24.8. The molecule has 5 rings (SSSR count). The molecule has 7 nitrogen and oxygen atoms in total. The first-order chi connectivity index (χ1) is 17.9. The van der Waals surface area contributed by atoms with E-state index in [0.717, 1.165) is 16.8 Å². The molecule has 2 amide bonds. The van der Waals surface area contributed by atoms with E-state index in [0.29, 0.717) is 23.0 Å². The number of nitrogens with zero attached hydrogens (tertiary/aromatic N) is 3. The van der Waals surface area contributed by atoms with Gasteiger partial charge in [0.05, 0.1) is 18.9 Å². The number of anilines is 1. The van der Waals surface area contributed by atoms with Crippen molar-refractivity contribution >= 4 is 40.1 Å². The Bertz CT molecular complexity index is 1380. The van der Waals surface area contributed by atoms with Gasteiger partial charge in [-0.1, -0.05) is 77.5 Å². The number of methoxy groups -OCH3 is 1. The van der Waals surface area contributed by atoms with Crippen LogP contribution in [0.5, 0.6) is 5.75 Å². The maximum atomic E-state index is 12.8. The number of hydrogen-bond acceptors (Lipinski definition) is 6. The van der Waals surface area contributed by atoms with Crippen LogP contribution in [0.4, 0.5) is 5.69 Å². The van der Waals surface area contributed by atoms with Crippen LogP contribution >= 0.6 is 11.8 Å². The number of ether oxygens (including phenoxy) is 1. The number of carbonyl (C=O) groups is 2. The normalized spacial score (nSPS) is 19.0. The second kappa shape index (κ2) is 10.6. The highest BCUT2D eigenvalue weighted by Gasteiger charge is 2.39. The topological polar surface area (TPSA) is 83.4 Å². The van der Waals surface area contributed by atoms with Gasteiger partial charge in [-0.15, -0.1) is 0 Å². The molecule has 8 heteroatoms. The van der Waals surface area contributed by atoms with Crippen molar-refractivity contribution in [2.45, 2.75) is 38.0 Å². The average Bonchev–Trinajstić information content (AvgIpc) is 3.49. The van der Waals surface area contributed by atoms with Crippen LogP contribution in [0.2, 0.25) is 0 Å². The Labute approximate surface area is 220 Å². The number of thioether (sulfide) groups is 1. The highest BCUT2D eigenvalue weighted by atomic mass is 32.2.